The molecule has 0 aliphatic heterocycles. The fourth-order valence-corrected chi connectivity index (χ4v) is 1.57. The van der Waals surface area contributed by atoms with E-state index >= 15 is 0 Å². The molecule has 0 heterocycles. The summed E-state index contributed by atoms with van der Waals surface area (Å²) in [5.74, 6) is 0.335. The van der Waals surface area contributed by atoms with Crippen molar-refractivity contribution in [3.05, 3.63) is 36.4 Å². The Morgan fingerprint density at radius 2 is 2.07 bits per heavy atom. The highest BCUT2D eigenvalue weighted by molar-refractivity contribution is 5.90. The van der Waals surface area contributed by atoms with Crippen molar-refractivity contribution in [1.29, 1.82) is 0 Å². The monoisotopic (exact) mass is 187 g/mol. The summed E-state index contributed by atoms with van der Waals surface area (Å²) < 4.78 is 0. The lowest BCUT2D eigenvalue weighted by atomic mass is 10.1. The molecule has 0 saturated heterocycles. The maximum absolute atomic E-state index is 9.64. The molecule has 2 rings (SSSR count). The van der Waals surface area contributed by atoms with Crippen LogP contribution in [0, 0.1) is 0 Å². The third-order valence-corrected chi connectivity index (χ3v) is 2.24. The Morgan fingerprint density at radius 1 is 1.21 bits per heavy atom. The zero-order chi connectivity index (χ0) is 9.97. The van der Waals surface area contributed by atoms with Crippen molar-refractivity contribution in [2.75, 3.05) is 11.9 Å². The molecule has 0 aromatic heterocycles. The van der Waals surface area contributed by atoms with E-state index in [1.54, 1.807) is 6.07 Å². The smallest absolute Gasteiger partial charge is 0.123 e. The first-order valence-corrected chi connectivity index (χ1v) is 4.77. The Morgan fingerprint density at radius 3 is 2.86 bits per heavy atom. The molecule has 0 aliphatic carbocycles. The summed E-state index contributed by atoms with van der Waals surface area (Å²) in [5.41, 5.74) is 1.04. The fourth-order valence-electron chi connectivity index (χ4n) is 1.57. The number of aromatic hydroxyl groups is 1. The van der Waals surface area contributed by atoms with Gasteiger partial charge >= 0.3 is 0 Å². The summed E-state index contributed by atoms with van der Waals surface area (Å²) in [4.78, 5) is 0. The standard InChI is InChI=1S/C12H13NO/c1-2-13-10-7-6-9-4-3-5-12(14)11(9)8-10/h3-8,13-14H,2H2,1H3. The SMILES string of the molecule is CCNc1ccc2cccc(O)c2c1. The van der Waals surface area contributed by atoms with Gasteiger partial charge in [-0.1, -0.05) is 18.2 Å². The zero-order valence-electron chi connectivity index (χ0n) is 8.12. The van der Waals surface area contributed by atoms with Crippen LogP contribution < -0.4 is 5.32 Å². The predicted molar refractivity (Wildman–Crippen MR) is 59.8 cm³/mol. The number of nitrogens with one attached hydrogen (secondary N) is 1. The van der Waals surface area contributed by atoms with Crippen LogP contribution in [0.25, 0.3) is 10.8 Å². The second-order valence-electron chi connectivity index (χ2n) is 3.24. The van der Waals surface area contributed by atoms with E-state index in [1.807, 2.05) is 30.3 Å². The minimum atomic E-state index is 0.335. The Kier molecular flexibility index (Phi) is 2.27. The molecule has 14 heavy (non-hydrogen) atoms. The first-order chi connectivity index (χ1) is 6.81. The van der Waals surface area contributed by atoms with Gasteiger partial charge in [0.2, 0.25) is 0 Å². The summed E-state index contributed by atoms with van der Waals surface area (Å²) in [7, 11) is 0. The maximum atomic E-state index is 9.64. The molecule has 0 radical (unpaired) electrons. The summed E-state index contributed by atoms with van der Waals surface area (Å²) in [5, 5.41) is 14.8. The van der Waals surface area contributed by atoms with Gasteiger partial charge in [-0.25, -0.2) is 0 Å². The van der Waals surface area contributed by atoms with E-state index in [1.165, 1.54) is 0 Å². The highest BCUT2D eigenvalue weighted by Gasteiger charge is 1.99. The summed E-state index contributed by atoms with van der Waals surface area (Å²) in [6.45, 7) is 2.94. The molecule has 0 bridgehead atoms. The Bertz CT molecular complexity index is 451. The van der Waals surface area contributed by atoms with Crippen LogP contribution in [-0.4, -0.2) is 11.7 Å². The third kappa shape index (κ3) is 1.51. The van der Waals surface area contributed by atoms with Crippen LogP contribution in [0.15, 0.2) is 36.4 Å². The van der Waals surface area contributed by atoms with Gasteiger partial charge in [-0.3, -0.25) is 0 Å². The zero-order valence-corrected chi connectivity index (χ0v) is 8.12. The van der Waals surface area contributed by atoms with E-state index in [9.17, 15) is 5.11 Å². The number of phenolic OH excluding ortho intramolecular Hbond substituents is 1. The van der Waals surface area contributed by atoms with Crippen molar-refractivity contribution >= 4 is 16.5 Å². The molecule has 2 heteroatoms. The van der Waals surface area contributed by atoms with Crippen LogP contribution in [0.5, 0.6) is 5.75 Å². The van der Waals surface area contributed by atoms with Gasteiger partial charge in [0.05, 0.1) is 0 Å². The second kappa shape index (κ2) is 3.58. The van der Waals surface area contributed by atoms with Crippen LogP contribution in [0.4, 0.5) is 5.69 Å². The van der Waals surface area contributed by atoms with E-state index in [2.05, 4.69) is 12.2 Å². The topological polar surface area (TPSA) is 32.3 Å². The molecule has 72 valence electrons. The first kappa shape index (κ1) is 8.88. The number of phenols is 1. The first-order valence-electron chi connectivity index (χ1n) is 4.77. The highest BCUT2D eigenvalue weighted by Crippen LogP contribution is 2.26. The average Bonchev–Trinajstić information content (AvgIpc) is 2.20. The van der Waals surface area contributed by atoms with Crippen molar-refractivity contribution < 1.29 is 5.11 Å². The molecular formula is C12H13NO. The second-order valence-corrected chi connectivity index (χ2v) is 3.24. The normalized spacial score (nSPS) is 10.4. The number of hydrogen-bond donors (Lipinski definition) is 2. The number of benzene rings is 2. The lowest BCUT2D eigenvalue weighted by Crippen LogP contribution is -1.95. The van der Waals surface area contributed by atoms with Crippen LogP contribution >= 0.6 is 0 Å². The van der Waals surface area contributed by atoms with E-state index in [-0.39, 0.29) is 0 Å². The van der Waals surface area contributed by atoms with Gasteiger partial charge in [-0.15, -0.1) is 0 Å². The molecule has 2 N–H and O–H groups in total. The number of hydrogen-bond acceptors (Lipinski definition) is 2. The minimum absolute atomic E-state index is 0.335. The van der Waals surface area contributed by atoms with Crippen molar-refractivity contribution in [3.63, 3.8) is 0 Å². The van der Waals surface area contributed by atoms with Gasteiger partial charge in [-0.05, 0) is 30.5 Å². The van der Waals surface area contributed by atoms with Crippen LogP contribution in [0.2, 0.25) is 0 Å². The van der Waals surface area contributed by atoms with Crippen molar-refractivity contribution in [2.24, 2.45) is 0 Å². The molecule has 0 aliphatic rings. The molecule has 0 unspecified atom stereocenters. The van der Waals surface area contributed by atoms with E-state index in [4.69, 9.17) is 0 Å². The average molecular weight is 187 g/mol. The molecule has 0 atom stereocenters. The van der Waals surface area contributed by atoms with Crippen LogP contribution in [0.1, 0.15) is 6.92 Å². The maximum Gasteiger partial charge on any atom is 0.123 e. The molecular weight excluding hydrogens is 174 g/mol. The molecule has 0 fully saturated rings. The Balaban J connectivity index is 2.58. The largest absolute Gasteiger partial charge is 0.507 e. The molecule has 2 aromatic carbocycles. The van der Waals surface area contributed by atoms with Crippen LogP contribution in [0.3, 0.4) is 0 Å². The van der Waals surface area contributed by atoms with Crippen LogP contribution in [-0.2, 0) is 0 Å². The van der Waals surface area contributed by atoms with Crippen molar-refractivity contribution in [2.45, 2.75) is 6.92 Å². The van der Waals surface area contributed by atoms with Gasteiger partial charge in [0.15, 0.2) is 0 Å². The van der Waals surface area contributed by atoms with Crippen molar-refractivity contribution in [1.82, 2.24) is 0 Å². The van der Waals surface area contributed by atoms with Gasteiger partial charge < -0.3 is 10.4 Å². The molecule has 0 saturated carbocycles. The van der Waals surface area contributed by atoms with Gasteiger partial charge in [0.1, 0.15) is 5.75 Å². The van der Waals surface area contributed by atoms with Crippen molar-refractivity contribution in [3.8, 4) is 5.75 Å². The summed E-state index contributed by atoms with van der Waals surface area (Å²) >= 11 is 0. The van der Waals surface area contributed by atoms with E-state index in [0.29, 0.717) is 5.75 Å². The summed E-state index contributed by atoms with van der Waals surface area (Å²) in [6.07, 6.45) is 0. The van der Waals surface area contributed by atoms with Gasteiger partial charge in [-0.2, -0.15) is 0 Å². The number of rotatable bonds is 2. The fraction of sp³-hybridized carbons (Fsp3) is 0.167. The Labute approximate surface area is 83.2 Å². The summed E-state index contributed by atoms with van der Waals surface area (Å²) in [6, 6.07) is 11.5. The third-order valence-electron chi connectivity index (χ3n) is 2.24. The lowest BCUT2D eigenvalue weighted by molar-refractivity contribution is 0.481. The highest BCUT2D eigenvalue weighted by atomic mass is 16.3. The molecule has 0 spiro atoms. The molecule has 2 aromatic rings. The predicted octanol–water partition coefficient (Wildman–Crippen LogP) is 2.98. The quantitative estimate of drug-likeness (QED) is 0.757. The van der Waals surface area contributed by atoms with Gasteiger partial charge in [0, 0.05) is 17.6 Å². The number of anilines is 1. The minimum Gasteiger partial charge on any atom is -0.507 e. The lowest BCUT2D eigenvalue weighted by Gasteiger charge is -2.05. The van der Waals surface area contributed by atoms with Gasteiger partial charge in [0.25, 0.3) is 0 Å². The number of fused-ring (bicyclic) bond motifs is 1. The van der Waals surface area contributed by atoms with E-state index < -0.39 is 0 Å². The molecule has 0 amide bonds. The van der Waals surface area contributed by atoms with E-state index in [0.717, 1.165) is 23.0 Å². The molecule has 2 nitrogen and oxygen atoms in total. The Hall–Kier alpha value is -1.70.